The number of methoxy groups -OCH3 is 1. The summed E-state index contributed by atoms with van der Waals surface area (Å²) in [6.07, 6.45) is 5.32. The number of nitrogens with zero attached hydrogens (tertiary/aromatic N) is 2. The second-order valence-corrected chi connectivity index (χ2v) is 14.0. The fraction of sp³-hybridized carbons (Fsp3) is 0.913. The summed E-state index contributed by atoms with van der Waals surface area (Å²) in [5, 5.41) is 19.8. The van der Waals surface area contributed by atoms with E-state index in [-0.39, 0.29) is 58.5 Å². The average Bonchev–Trinajstić information content (AvgIpc) is 3.41. The maximum Gasteiger partial charge on any atom is 0.279 e. The fourth-order valence-corrected chi connectivity index (χ4v) is 9.40. The zero-order valence-electron chi connectivity index (χ0n) is 20.5. The van der Waals surface area contributed by atoms with Crippen molar-refractivity contribution in [3.8, 4) is 6.07 Å². The molecule has 0 spiro atoms. The summed E-state index contributed by atoms with van der Waals surface area (Å²) in [7, 11) is -1.69. The van der Waals surface area contributed by atoms with Crippen molar-refractivity contribution in [2.24, 2.45) is 23.7 Å². The van der Waals surface area contributed by atoms with Gasteiger partial charge in [0.2, 0.25) is 5.91 Å². The normalized spacial score (nSPS) is 42.4. The molecule has 0 aromatic carbocycles. The first-order chi connectivity index (χ1) is 16.8. The maximum absolute atomic E-state index is 13.5. The number of hydrogen-bond acceptors (Lipinski definition) is 8. The van der Waals surface area contributed by atoms with Crippen LogP contribution in [0.1, 0.15) is 45.4 Å². The molecular formula is C23H38N6O4S2. The number of hydrogen-bond donors (Lipinski definition) is 4. The van der Waals surface area contributed by atoms with Gasteiger partial charge in [-0.2, -0.15) is 22.7 Å². The van der Waals surface area contributed by atoms with E-state index in [2.05, 4.69) is 33.7 Å². The lowest BCUT2D eigenvalue weighted by Crippen LogP contribution is -2.55. The molecule has 0 bridgehead atoms. The molecule has 3 heterocycles. The minimum absolute atomic E-state index is 0.0215. The summed E-state index contributed by atoms with van der Waals surface area (Å²) >= 11 is 1.61. The predicted octanol–water partition coefficient (Wildman–Crippen LogP) is 0.341. The van der Waals surface area contributed by atoms with Crippen molar-refractivity contribution in [2.45, 2.75) is 80.4 Å². The van der Waals surface area contributed by atoms with Gasteiger partial charge in [-0.25, -0.2) is 0 Å². The van der Waals surface area contributed by atoms with Gasteiger partial charge in [0, 0.05) is 56.0 Å². The molecule has 196 valence electrons. The highest BCUT2D eigenvalue weighted by molar-refractivity contribution is 8.00. The summed E-state index contributed by atoms with van der Waals surface area (Å²) in [6, 6.07) is 2.88. The predicted molar refractivity (Wildman–Crippen MR) is 133 cm³/mol. The van der Waals surface area contributed by atoms with Gasteiger partial charge >= 0.3 is 0 Å². The zero-order valence-corrected chi connectivity index (χ0v) is 22.1. The Bertz CT molecular complexity index is 927. The van der Waals surface area contributed by atoms with Gasteiger partial charge < -0.3 is 15.4 Å². The lowest BCUT2D eigenvalue weighted by Gasteiger charge is -2.44. The Morgan fingerprint density at radius 3 is 2.66 bits per heavy atom. The minimum atomic E-state index is -3.44. The van der Waals surface area contributed by atoms with E-state index in [1.54, 1.807) is 18.9 Å². The fourth-order valence-electron chi connectivity index (χ4n) is 6.37. The van der Waals surface area contributed by atoms with E-state index < -0.39 is 10.2 Å². The van der Waals surface area contributed by atoms with Crippen molar-refractivity contribution in [2.75, 3.05) is 26.7 Å². The van der Waals surface area contributed by atoms with Crippen molar-refractivity contribution in [1.29, 1.82) is 5.26 Å². The van der Waals surface area contributed by atoms with Crippen LogP contribution in [0.25, 0.3) is 0 Å². The highest BCUT2D eigenvalue weighted by atomic mass is 32.2. The Morgan fingerprint density at radius 1 is 1.17 bits per heavy atom. The van der Waals surface area contributed by atoms with Gasteiger partial charge in [-0.15, -0.1) is 11.8 Å². The Balaban J connectivity index is 1.19. The summed E-state index contributed by atoms with van der Waals surface area (Å²) in [5.74, 6) is 0.217. The number of fused-ring (bicyclic) bond motifs is 1. The summed E-state index contributed by atoms with van der Waals surface area (Å²) in [5.41, 5.74) is -0.227. The summed E-state index contributed by atoms with van der Waals surface area (Å²) in [4.78, 5) is 13.5. The van der Waals surface area contributed by atoms with Gasteiger partial charge in [0.1, 0.15) is 5.50 Å². The smallest absolute Gasteiger partial charge is 0.279 e. The number of piperidine rings is 1. The Hall–Kier alpha value is -0.940. The van der Waals surface area contributed by atoms with E-state index in [0.717, 1.165) is 38.5 Å². The van der Waals surface area contributed by atoms with Gasteiger partial charge in [-0.05, 0) is 57.3 Å². The van der Waals surface area contributed by atoms with Crippen molar-refractivity contribution in [3.05, 3.63) is 0 Å². The Morgan fingerprint density at radius 2 is 1.97 bits per heavy atom. The van der Waals surface area contributed by atoms with Gasteiger partial charge in [0.05, 0.1) is 18.1 Å². The van der Waals surface area contributed by atoms with Gasteiger partial charge in [-0.3, -0.25) is 10.1 Å². The number of ether oxygens (including phenoxy) is 1. The van der Waals surface area contributed by atoms with E-state index >= 15 is 0 Å². The van der Waals surface area contributed by atoms with Crippen molar-refractivity contribution < 1.29 is 17.9 Å². The lowest BCUT2D eigenvalue weighted by molar-refractivity contribution is -0.131. The molecule has 9 atom stereocenters. The Labute approximate surface area is 212 Å². The standard InChI is InChI=1S/C23H38N6O4S2/c1-13-7-16(17-8-14(9-24)3-6-20(17)33-2)18(10-25-13)22(30)27-23-26-19-11-29(12-21(19)34-23)35(31,32)28-15-4-5-15/h13-21,23,25-26,28H,3-8,10-12H2,1-2H3,(H,27,30). The lowest BCUT2D eigenvalue weighted by atomic mass is 9.66. The highest BCUT2D eigenvalue weighted by Gasteiger charge is 2.48. The second kappa shape index (κ2) is 10.4. The molecular weight excluding hydrogens is 488 g/mol. The third-order valence-electron chi connectivity index (χ3n) is 8.45. The number of amides is 1. The van der Waals surface area contributed by atoms with Gasteiger partial charge in [0.15, 0.2) is 0 Å². The van der Waals surface area contributed by atoms with Crippen LogP contribution in [0.15, 0.2) is 0 Å². The van der Waals surface area contributed by atoms with Crippen molar-refractivity contribution >= 4 is 27.9 Å². The molecule has 4 N–H and O–H groups in total. The van der Waals surface area contributed by atoms with Crippen molar-refractivity contribution in [1.82, 2.24) is 25.0 Å². The van der Waals surface area contributed by atoms with Crippen LogP contribution in [-0.2, 0) is 19.7 Å². The molecule has 5 aliphatic rings. The molecule has 2 aliphatic carbocycles. The number of rotatable bonds is 7. The van der Waals surface area contributed by atoms with Crippen LogP contribution in [0.5, 0.6) is 0 Å². The molecule has 35 heavy (non-hydrogen) atoms. The van der Waals surface area contributed by atoms with Gasteiger partial charge in [-0.1, -0.05) is 0 Å². The Kier molecular flexibility index (Phi) is 7.66. The van der Waals surface area contributed by atoms with E-state index in [4.69, 9.17) is 4.74 Å². The van der Waals surface area contributed by atoms with E-state index in [1.807, 2.05) is 0 Å². The van der Waals surface area contributed by atoms with Crippen molar-refractivity contribution in [3.63, 3.8) is 0 Å². The molecule has 3 aliphatic heterocycles. The molecule has 5 fully saturated rings. The quantitative estimate of drug-likeness (QED) is 0.373. The average molecular weight is 527 g/mol. The van der Waals surface area contributed by atoms with Crippen LogP contribution in [0.2, 0.25) is 0 Å². The first-order valence-corrected chi connectivity index (χ1v) is 15.3. The van der Waals surface area contributed by atoms with Crippen LogP contribution < -0.4 is 20.7 Å². The van der Waals surface area contributed by atoms with Crippen LogP contribution in [-0.4, -0.2) is 80.4 Å². The molecule has 1 amide bonds. The topological polar surface area (TPSA) is 136 Å². The van der Waals surface area contributed by atoms with Crippen LogP contribution in [0.3, 0.4) is 0 Å². The van der Waals surface area contributed by atoms with Crippen LogP contribution in [0.4, 0.5) is 0 Å². The minimum Gasteiger partial charge on any atom is -0.381 e. The molecule has 2 saturated carbocycles. The molecule has 0 aromatic rings. The monoisotopic (exact) mass is 526 g/mol. The first kappa shape index (κ1) is 25.7. The largest absolute Gasteiger partial charge is 0.381 e. The van der Waals surface area contributed by atoms with E-state index in [1.165, 1.54) is 4.31 Å². The molecule has 9 unspecified atom stereocenters. The second-order valence-electron chi connectivity index (χ2n) is 10.9. The molecule has 0 radical (unpaired) electrons. The van der Waals surface area contributed by atoms with E-state index in [9.17, 15) is 18.5 Å². The van der Waals surface area contributed by atoms with Gasteiger partial charge in [0.25, 0.3) is 10.2 Å². The number of carbonyl (C=O) groups excluding carboxylic acids is 1. The molecule has 3 saturated heterocycles. The summed E-state index contributed by atoms with van der Waals surface area (Å²) < 4.78 is 35.2. The third-order valence-corrected chi connectivity index (χ3v) is 11.4. The number of nitriles is 1. The summed E-state index contributed by atoms with van der Waals surface area (Å²) in [6.45, 7) is 3.64. The number of carbonyl (C=O) groups is 1. The van der Waals surface area contributed by atoms with Crippen LogP contribution in [0, 0.1) is 35.0 Å². The first-order valence-electron chi connectivity index (χ1n) is 12.9. The molecule has 12 heteroatoms. The zero-order chi connectivity index (χ0) is 24.7. The molecule has 5 rings (SSSR count). The third kappa shape index (κ3) is 5.66. The SMILES string of the molecule is COC1CCC(C#N)CC1C1CC(C)NCC1C(=O)NC1NC2CN(S(=O)(=O)NC3CC3)CC2S1. The number of nitrogens with one attached hydrogen (secondary N) is 4. The van der Waals surface area contributed by atoms with E-state index in [0.29, 0.717) is 25.7 Å². The molecule has 10 nitrogen and oxygen atoms in total. The maximum atomic E-state index is 13.5. The highest BCUT2D eigenvalue weighted by Crippen LogP contribution is 2.42. The number of thioether (sulfide) groups is 1. The molecule has 0 aromatic heterocycles. The van der Waals surface area contributed by atoms with Crippen LogP contribution >= 0.6 is 11.8 Å².